The van der Waals surface area contributed by atoms with Crippen molar-refractivity contribution in [2.75, 3.05) is 26.9 Å². The van der Waals surface area contributed by atoms with Gasteiger partial charge >= 0.3 is 0 Å². The van der Waals surface area contributed by atoms with Gasteiger partial charge in [-0.05, 0) is 32.1 Å². The highest BCUT2D eigenvalue weighted by atomic mass is 28.3. The summed E-state index contributed by atoms with van der Waals surface area (Å²) in [6.45, 7) is 12.1. The van der Waals surface area contributed by atoms with Gasteiger partial charge in [0.25, 0.3) is 0 Å². The van der Waals surface area contributed by atoms with Crippen molar-refractivity contribution < 1.29 is 9.47 Å². The Hall–Kier alpha value is 0.137. The van der Waals surface area contributed by atoms with Crippen molar-refractivity contribution in [2.24, 2.45) is 11.3 Å². The molecule has 0 spiro atoms. The van der Waals surface area contributed by atoms with Crippen LogP contribution in [0, 0.1) is 11.3 Å². The van der Waals surface area contributed by atoms with Gasteiger partial charge in [-0.25, -0.2) is 0 Å². The first-order valence-corrected chi connectivity index (χ1v) is 12.2. The number of methoxy groups -OCH3 is 1. The molecular weight excluding hydrogens is 264 g/mol. The van der Waals surface area contributed by atoms with Crippen LogP contribution in [0.4, 0.5) is 0 Å². The van der Waals surface area contributed by atoms with E-state index in [9.17, 15) is 0 Å². The van der Waals surface area contributed by atoms with Gasteiger partial charge in [0.15, 0.2) is 0 Å². The van der Waals surface area contributed by atoms with Crippen LogP contribution < -0.4 is 0 Å². The predicted octanol–water partition coefficient (Wildman–Crippen LogP) is 4.96. The second kappa shape index (κ2) is 8.55. The Kier molecular flexibility index (Phi) is 7.77. The molecule has 3 heteroatoms. The summed E-state index contributed by atoms with van der Waals surface area (Å²) in [5.41, 5.74) is 0.269. The fourth-order valence-corrected chi connectivity index (χ4v) is 4.81. The lowest BCUT2D eigenvalue weighted by molar-refractivity contribution is -0.0536. The Balaban J connectivity index is 2.80. The predicted molar refractivity (Wildman–Crippen MR) is 90.1 cm³/mol. The molecule has 0 heterocycles. The molecule has 0 aliphatic heterocycles. The van der Waals surface area contributed by atoms with E-state index in [1.807, 2.05) is 7.11 Å². The highest BCUT2D eigenvalue weighted by Crippen LogP contribution is 2.43. The van der Waals surface area contributed by atoms with E-state index in [4.69, 9.17) is 9.47 Å². The highest BCUT2D eigenvalue weighted by Gasteiger charge is 2.40. The largest absolute Gasteiger partial charge is 0.384 e. The third-order valence-electron chi connectivity index (χ3n) is 4.87. The van der Waals surface area contributed by atoms with Gasteiger partial charge in [0.2, 0.25) is 0 Å². The molecule has 0 saturated heterocycles. The topological polar surface area (TPSA) is 18.5 Å². The van der Waals surface area contributed by atoms with Crippen LogP contribution in [0.25, 0.3) is 0 Å². The third kappa shape index (κ3) is 5.86. The summed E-state index contributed by atoms with van der Waals surface area (Å²) < 4.78 is 11.6. The van der Waals surface area contributed by atoms with Crippen LogP contribution in [0.3, 0.4) is 0 Å². The minimum atomic E-state index is -1.01. The Morgan fingerprint density at radius 3 is 2.20 bits per heavy atom. The average Bonchev–Trinajstić information content (AvgIpc) is 2.42. The SMILES string of the molecule is CCOCC(CC[Si](C)(C)C)(COC)C1CCCCC1. The van der Waals surface area contributed by atoms with Crippen molar-refractivity contribution in [2.45, 2.75) is 71.1 Å². The first-order valence-electron chi connectivity index (χ1n) is 8.50. The van der Waals surface area contributed by atoms with Gasteiger partial charge in [0.05, 0.1) is 13.2 Å². The van der Waals surface area contributed by atoms with Crippen molar-refractivity contribution in [3.05, 3.63) is 0 Å². The van der Waals surface area contributed by atoms with Crippen LogP contribution in [0.2, 0.25) is 25.7 Å². The molecule has 1 saturated carbocycles. The van der Waals surface area contributed by atoms with Crippen LogP contribution in [-0.4, -0.2) is 35.0 Å². The van der Waals surface area contributed by atoms with Crippen LogP contribution in [0.5, 0.6) is 0 Å². The summed E-state index contributed by atoms with van der Waals surface area (Å²) in [7, 11) is 0.849. The maximum atomic E-state index is 5.91. The van der Waals surface area contributed by atoms with Gasteiger partial charge in [0.1, 0.15) is 0 Å². The molecule has 1 fully saturated rings. The molecule has 20 heavy (non-hydrogen) atoms. The molecule has 1 unspecified atom stereocenters. The first kappa shape index (κ1) is 18.2. The average molecular weight is 301 g/mol. The fourth-order valence-electron chi connectivity index (χ4n) is 3.56. The van der Waals surface area contributed by atoms with Gasteiger partial charge in [0, 0.05) is 27.2 Å². The summed E-state index contributed by atoms with van der Waals surface area (Å²) in [6, 6.07) is 1.39. The van der Waals surface area contributed by atoms with Crippen molar-refractivity contribution >= 4 is 8.07 Å². The molecule has 0 radical (unpaired) electrons. The second-order valence-electron chi connectivity index (χ2n) is 7.83. The van der Waals surface area contributed by atoms with E-state index in [1.54, 1.807) is 0 Å². The van der Waals surface area contributed by atoms with Crippen molar-refractivity contribution in [3.63, 3.8) is 0 Å². The smallest absolute Gasteiger partial charge is 0.0546 e. The molecule has 120 valence electrons. The molecule has 1 aliphatic rings. The normalized spacial score (nSPS) is 20.9. The minimum absolute atomic E-state index is 0.269. The summed E-state index contributed by atoms with van der Waals surface area (Å²) in [5.74, 6) is 0.805. The van der Waals surface area contributed by atoms with E-state index >= 15 is 0 Å². The Bertz CT molecular complexity index is 256. The van der Waals surface area contributed by atoms with Crippen LogP contribution in [0.15, 0.2) is 0 Å². The second-order valence-corrected chi connectivity index (χ2v) is 13.4. The van der Waals surface area contributed by atoms with E-state index in [-0.39, 0.29) is 5.41 Å². The lowest BCUT2D eigenvalue weighted by Gasteiger charge is -2.43. The first-order chi connectivity index (χ1) is 9.43. The van der Waals surface area contributed by atoms with E-state index in [0.29, 0.717) is 0 Å². The maximum absolute atomic E-state index is 5.91. The summed E-state index contributed by atoms with van der Waals surface area (Å²) in [5, 5.41) is 0. The molecule has 0 aromatic carbocycles. The number of hydrogen-bond acceptors (Lipinski definition) is 2. The van der Waals surface area contributed by atoms with Gasteiger partial charge in [-0.3, -0.25) is 0 Å². The van der Waals surface area contributed by atoms with Crippen molar-refractivity contribution in [3.8, 4) is 0 Å². The molecule has 2 nitrogen and oxygen atoms in total. The molecule has 1 aliphatic carbocycles. The van der Waals surface area contributed by atoms with Crippen LogP contribution in [0.1, 0.15) is 45.4 Å². The number of hydrogen-bond donors (Lipinski definition) is 0. The van der Waals surface area contributed by atoms with E-state index in [2.05, 4.69) is 26.6 Å². The summed E-state index contributed by atoms with van der Waals surface area (Å²) in [6.07, 6.45) is 8.26. The molecular formula is C17H36O2Si. The van der Waals surface area contributed by atoms with E-state index < -0.39 is 8.07 Å². The van der Waals surface area contributed by atoms with Gasteiger partial charge in [-0.2, -0.15) is 0 Å². The lowest BCUT2D eigenvalue weighted by Crippen LogP contribution is -2.42. The Labute approximate surface area is 127 Å². The summed E-state index contributed by atoms with van der Waals surface area (Å²) in [4.78, 5) is 0. The van der Waals surface area contributed by atoms with Crippen molar-refractivity contribution in [1.29, 1.82) is 0 Å². The van der Waals surface area contributed by atoms with E-state index in [0.717, 1.165) is 25.7 Å². The van der Waals surface area contributed by atoms with Crippen LogP contribution >= 0.6 is 0 Å². The van der Waals surface area contributed by atoms with Gasteiger partial charge < -0.3 is 9.47 Å². The summed E-state index contributed by atoms with van der Waals surface area (Å²) >= 11 is 0. The standard InChI is InChI=1S/C17H36O2Si/c1-6-19-15-17(14-18-2,12-13-20(3,4)5)16-10-8-7-9-11-16/h16H,6-15H2,1-5H3. The maximum Gasteiger partial charge on any atom is 0.0546 e. The minimum Gasteiger partial charge on any atom is -0.384 e. The Morgan fingerprint density at radius 1 is 1.05 bits per heavy atom. The molecule has 0 aromatic rings. The van der Waals surface area contributed by atoms with Gasteiger partial charge in [-0.1, -0.05) is 44.9 Å². The third-order valence-corrected chi connectivity index (χ3v) is 6.62. The molecule has 1 rings (SSSR count). The molecule has 1 atom stereocenters. The number of ether oxygens (including phenoxy) is 2. The quantitative estimate of drug-likeness (QED) is 0.560. The van der Waals surface area contributed by atoms with Crippen LogP contribution in [-0.2, 0) is 9.47 Å². The molecule has 0 aromatic heterocycles. The zero-order chi connectivity index (χ0) is 15.1. The van der Waals surface area contributed by atoms with Gasteiger partial charge in [-0.15, -0.1) is 0 Å². The molecule has 0 amide bonds. The van der Waals surface area contributed by atoms with E-state index in [1.165, 1.54) is 44.6 Å². The fraction of sp³-hybridized carbons (Fsp3) is 1.00. The zero-order valence-electron chi connectivity index (χ0n) is 14.5. The molecule has 0 bridgehead atoms. The molecule has 0 N–H and O–H groups in total. The monoisotopic (exact) mass is 300 g/mol. The van der Waals surface area contributed by atoms with Crippen molar-refractivity contribution in [1.82, 2.24) is 0 Å². The zero-order valence-corrected chi connectivity index (χ0v) is 15.5. The highest BCUT2D eigenvalue weighted by molar-refractivity contribution is 6.76. The Morgan fingerprint density at radius 2 is 1.70 bits per heavy atom. The number of rotatable bonds is 9. The lowest BCUT2D eigenvalue weighted by atomic mass is 9.68.